The molecule has 5 heteroatoms. The van der Waals surface area contributed by atoms with E-state index in [9.17, 15) is 4.79 Å². The van der Waals surface area contributed by atoms with E-state index in [1.54, 1.807) is 18.2 Å². The van der Waals surface area contributed by atoms with Crippen molar-refractivity contribution in [1.82, 2.24) is 0 Å². The maximum atomic E-state index is 10.9. The predicted octanol–water partition coefficient (Wildman–Crippen LogP) is 2.87. The van der Waals surface area contributed by atoms with Gasteiger partial charge in [-0.2, -0.15) is 0 Å². The number of carboxylic acid groups (broad SMARTS) is 1. The Kier molecular flexibility index (Phi) is 2.62. The summed E-state index contributed by atoms with van der Waals surface area (Å²) in [6, 6.07) is 5.07. The van der Waals surface area contributed by atoms with Gasteiger partial charge in [0.25, 0.3) is 0 Å². The topological polar surface area (TPSA) is 59.7 Å². The third-order valence-electron chi connectivity index (χ3n) is 2.21. The molecule has 1 heterocycles. The van der Waals surface area contributed by atoms with Crippen molar-refractivity contribution in [1.29, 1.82) is 0 Å². The summed E-state index contributed by atoms with van der Waals surface area (Å²) in [5.41, 5.74) is 0.520. The highest BCUT2D eigenvalue weighted by Gasteiger charge is 2.10. The summed E-state index contributed by atoms with van der Waals surface area (Å²) in [6.07, 6.45) is 1.15. The van der Waals surface area contributed by atoms with Gasteiger partial charge in [0.15, 0.2) is 0 Å². The van der Waals surface area contributed by atoms with Crippen molar-refractivity contribution in [2.45, 2.75) is 0 Å². The maximum Gasteiger partial charge on any atom is 0.340 e. The molecule has 1 aromatic carbocycles. The van der Waals surface area contributed by atoms with E-state index in [4.69, 9.17) is 26.5 Å². The molecule has 0 unspecified atom stereocenters. The van der Waals surface area contributed by atoms with Gasteiger partial charge in [-0.1, -0.05) is 12.2 Å². The zero-order chi connectivity index (χ0) is 11.7. The zero-order valence-electron chi connectivity index (χ0n) is 8.39. The smallest absolute Gasteiger partial charge is 0.340 e. The summed E-state index contributed by atoms with van der Waals surface area (Å²) in [7, 11) is 1.53. The summed E-state index contributed by atoms with van der Waals surface area (Å²) in [5, 5.41) is 9.46. The van der Waals surface area contributed by atoms with Gasteiger partial charge in [-0.05, 0) is 18.2 Å². The molecule has 0 fully saturated rings. The number of aromatic carboxylic acids is 1. The molecule has 0 amide bonds. The summed E-state index contributed by atoms with van der Waals surface area (Å²) in [6.45, 7) is 0. The molecule has 0 aliphatic rings. The van der Waals surface area contributed by atoms with Crippen LogP contribution in [0.1, 0.15) is 10.4 Å². The van der Waals surface area contributed by atoms with Crippen LogP contribution in [0.25, 0.3) is 11.0 Å². The van der Waals surface area contributed by atoms with Crippen molar-refractivity contribution in [3.05, 3.63) is 34.5 Å². The molecule has 0 radical (unpaired) electrons. The molecule has 4 nitrogen and oxygen atoms in total. The molecule has 2 rings (SSSR count). The lowest BCUT2D eigenvalue weighted by Gasteiger charge is -2.03. The first kappa shape index (κ1) is 10.6. The van der Waals surface area contributed by atoms with Crippen molar-refractivity contribution in [3.63, 3.8) is 0 Å². The largest absolute Gasteiger partial charge is 0.497 e. The molecule has 0 aliphatic carbocycles. The monoisotopic (exact) mass is 236 g/mol. The molecule has 1 aromatic heterocycles. The Bertz CT molecular complexity index is 615. The zero-order valence-corrected chi connectivity index (χ0v) is 9.21. The van der Waals surface area contributed by atoms with E-state index in [0.717, 1.165) is 6.26 Å². The molecule has 0 saturated carbocycles. The van der Waals surface area contributed by atoms with Gasteiger partial charge in [0, 0.05) is 5.39 Å². The number of hydrogen-bond donors (Lipinski definition) is 1. The Morgan fingerprint density at radius 2 is 2.25 bits per heavy atom. The number of carboxylic acids is 1. The fourth-order valence-corrected chi connectivity index (χ4v) is 1.68. The first-order valence-corrected chi connectivity index (χ1v) is 4.87. The lowest BCUT2D eigenvalue weighted by molar-refractivity contribution is 0.0694. The Balaban J connectivity index is 2.81. The quantitative estimate of drug-likeness (QED) is 0.812. The van der Waals surface area contributed by atoms with Gasteiger partial charge >= 0.3 is 5.97 Å². The van der Waals surface area contributed by atoms with Gasteiger partial charge in [-0.25, -0.2) is 4.79 Å². The van der Waals surface area contributed by atoms with Gasteiger partial charge in [0.05, 0.1) is 11.6 Å². The number of ether oxygens (including phenoxy) is 1. The molecular weight excluding hydrogens is 228 g/mol. The van der Waals surface area contributed by atoms with Gasteiger partial charge in [-0.15, -0.1) is 0 Å². The summed E-state index contributed by atoms with van der Waals surface area (Å²) < 4.78 is 10.5. The molecule has 0 spiro atoms. The van der Waals surface area contributed by atoms with E-state index < -0.39 is 5.97 Å². The summed E-state index contributed by atoms with van der Waals surface area (Å²) in [4.78, 5) is 10.9. The van der Waals surface area contributed by atoms with Crippen molar-refractivity contribution >= 4 is 29.2 Å². The molecule has 82 valence electrons. The van der Waals surface area contributed by atoms with Crippen molar-refractivity contribution < 1.29 is 19.1 Å². The lowest BCUT2D eigenvalue weighted by atomic mass is 10.2. The number of rotatable bonds is 2. The van der Waals surface area contributed by atoms with Crippen molar-refractivity contribution in [3.8, 4) is 5.75 Å². The van der Waals surface area contributed by atoms with E-state index in [1.807, 2.05) is 0 Å². The van der Waals surface area contributed by atoms with E-state index in [2.05, 4.69) is 0 Å². The van der Waals surface area contributed by atoms with Gasteiger partial charge in [0.2, 0.25) is 0 Å². The first-order valence-electron chi connectivity index (χ1n) is 4.46. The molecule has 0 aliphatic heterocycles. The van der Waals surface area contributed by atoms with E-state index >= 15 is 0 Å². The van der Waals surface area contributed by atoms with E-state index in [1.165, 1.54) is 7.11 Å². The second-order valence-corrected chi connectivity index (χ2v) is 3.55. The van der Waals surface area contributed by atoms with Gasteiger partial charge in [0.1, 0.15) is 23.2 Å². The summed E-state index contributed by atoms with van der Waals surface area (Å²) in [5.74, 6) is -0.491. The van der Waals surface area contributed by atoms with Crippen LogP contribution >= 0.6 is 12.2 Å². The third-order valence-corrected chi connectivity index (χ3v) is 2.65. The summed E-state index contributed by atoms with van der Waals surface area (Å²) >= 11 is 5.08. The predicted molar refractivity (Wildman–Crippen MR) is 60.6 cm³/mol. The Hall–Kier alpha value is -1.88. The van der Waals surface area contributed by atoms with Crippen LogP contribution < -0.4 is 4.74 Å². The molecule has 0 saturated heterocycles. The molecule has 0 atom stereocenters. The van der Waals surface area contributed by atoms with Gasteiger partial charge < -0.3 is 14.3 Å². The van der Waals surface area contributed by atoms with Crippen LogP contribution in [0.2, 0.25) is 0 Å². The third kappa shape index (κ3) is 1.65. The second kappa shape index (κ2) is 3.94. The molecular formula is C11H8O4S. The highest BCUT2D eigenvalue weighted by atomic mass is 32.1. The van der Waals surface area contributed by atoms with Crippen LogP contribution in [-0.4, -0.2) is 18.2 Å². The van der Waals surface area contributed by atoms with Crippen LogP contribution in [0.15, 0.2) is 28.9 Å². The van der Waals surface area contributed by atoms with Crippen LogP contribution in [0, 0.1) is 4.51 Å². The SMILES string of the molecule is COc1ccc2occ(C(=O)O)c(=S)c2c1. The molecule has 16 heavy (non-hydrogen) atoms. The fourth-order valence-electron chi connectivity index (χ4n) is 1.38. The van der Waals surface area contributed by atoms with Crippen LogP contribution in [0.3, 0.4) is 0 Å². The second-order valence-electron chi connectivity index (χ2n) is 3.15. The van der Waals surface area contributed by atoms with E-state index in [0.29, 0.717) is 16.7 Å². The first-order chi connectivity index (χ1) is 7.63. The normalized spacial score (nSPS) is 10.3. The van der Waals surface area contributed by atoms with Crippen LogP contribution in [-0.2, 0) is 0 Å². The number of carbonyl (C=O) groups is 1. The van der Waals surface area contributed by atoms with E-state index in [-0.39, 0.29) is 10.1 Å². The van der Waals surface area contributed by atoms with Crippen molar-refractivity contribution in [2.24, 2.45) is 0 Å². The number of benzene rings is 1. The van der Waals surface area contributed by atoms with Crippen LogP contribution in [0.4, 0.5) is 0 Å². The Morgan fingerprint density at radius 3 is 2.88 bits per heavy atom. The molecule has 0 bridgehead atoms. The standard InChI is InChI=1S/C11H8O4S/c1-14-6-2-3-9-7(4-6)10(16)8(5-15-9)11(12)13/h2-5H,1H3,(H,12,13). The number of methoxy groups -OCH3 is 1. The van der Waals surface area contributed by atoms with Gasteiger partial charge in [-0.3, -0.25) is 0 Å². The lowest BCUT2D eigenvalue weighted by Crippen LogP contribution is -1.97. The number of hydrogen-bond acceptors (Lipinski definition) is 4. The minimum Gasteiger partial charge on any atom is -0.497 e. The molecule has 1 N–H and O–H groups in total. The maximum absolute atomic E-state index is 10.9. The minimum atomic E-state index is -1.10. The van der Waals surface area contributed by atoms with Crippen LogP contribution in [0.5, 0.6) is 5.75 Å². The molecule has 2 aromatic rings. The minimum absolute atomic E-state index is 0.0178. The highest BCUT2D eigenvalue weighted by molar-refractivity contribution is 7.71. The average Bonchev–Trinajstić information content (AvgIpc) is 2.28. The Morgan fingerprint density at radius 1 is 1.50 bits per heavy atom. The average molecular weight is 236 g/mol. The Labute approximate surface area is 96.1 Å². The fraction of sp³-hybridized carbons (Fsp3) is 0.0909. The highest BCUT2D eigenvalue weighted by Crippen LogP contribution is 2.23. The number of fused-ring (bicyclic) bond motifs is 1. The van der Waals surface area contributed by atoms with Crippen molar-refractivity contribution in [2.75, 3.05) is 7.11 Å².